The Hall–Kier alpha value is -2.63. The zero-order chi connectivity index (χ0) is 15.4. The lowest BCUT2D eigenvalue weighted by Crippen LogP contribution is -2.24. The number of aromatic nitrogens is 1. The van der Waals surface area contributed by atoms with E-state index < -0.39 is 4.92 Å². The van der Waals surface area contributed by atoms with Crippen molar-refractivity contribution < 1.29 is 4.92 Å². The first-order valence-corrected chi connectivity index (χ1v) is 6.78. The molecule has 2 aromatic rings. The molecule has 0 saturated carbocycles. The number of pyridine rings is 1. The summed E-state index contributed by atoms with van der Waals surface area (Å²) in [5, 5.41) is 10.9. The van der Waals surface area contributed by atoms with E-state index in [9.17, 15) is 14.9 Å². The van der Waals surface area contributed by atoms with E-state index in [0.29, 0.717) is 17.8 Å². The van der Waals surface area contributed by atoms with Crippen LogP contribution in [-0.2, 0) is 6.54 Å². The highest BCUT2D eigenvalue weighted by atomic mass is 16.6. The number of nitro benzene ring substituents is 1. The maximum atomic E-state index is 12.2. The topological polar surface area (TPSA) is 91.2 Å². The van der Waals surface area contributed by atoms with Crippen molar-refractivity contribution in [1.82, 2.24) is 4.57 Å². The summed E-state index contributed by atoms with van der Waals surface area (Å²) in [6.07, 6.45) is 1.78. The lowest BCUT2D eigenvalue weighted by Gasteiger charge is -2.13. The molecule has 1 aromatic carbocycles. The molecule has 0 radical (unpaired) electrons. The molecule has 0 saturated heterocycles. The van der Waals surface area contributed by atoms with Crippen molar-refractivity contribution >= 4 is 11.4 Å². The van der Waals surface area contributed by atoms with Gasteiger partial charge in [0.25, 0.3) is 11.2 Å². The van der Waals surface area contributed by atoms with E-state index in [4.69, 9.17) is 5.73 Å². The van der Waals surface area contributed by atoms with Gasteiger partial charge in [-0.1, -0.05) is 25.5 Å². The quantitative estimate of drug-likeness (QED) is 0.676. The predicted molar refractivity (Wildman–Crippen MR) is 82.1 cm³/mol. The largest absolute Gasteiger partial charge is 0.394 e. The van der Waals surface area contributed by atoms with Gasteiger partial charge in [-0.15, -0.1) is 0 Å². The molecule has 0 bridgehead atoms. The second-order valence-corrected chi connectivity index (χ2v) is 4.79. The van der Waals surface area contributed by atoms with E-state index in [1.54, 1.807) is 28.8 Å². The molecule has 1 aromatic heterocycles. The molecule has 0 atom stereocenters. The molecule has 0 aliphatic carbocycles. The molecule has 0 unspecified atom stereocenters. The number of rotatable bonds is 5. The highest BCUT2D eigenvalue weighted by Crippen LogP contribution is 2.23. The van der Waals surface area contributed by atoms with Gasteiger partial charge in [0.05, 0.1) is 16.3 Å². The first kappa shape index (κ1) is 14.8. The third-order valence-electron chi connectivity index (χ3n) is 3.29. The average Bonchev–Trinajstić information content (AvgIpc) is 2.49. The minimum atomic E-state index is -0.449. The Morgan fingerprint density at radius 1 is 1.29 bits per heavy atom. The molecule has 0 aliphatic heterocycles. The fourth-order valence-electron chi connectivity index (χ4n) is 2.16. The molecule has 0 amide bonds. The molecule has 2 rings (SSSR count). The van der Waals surface area contributed by atoms with E-state index in [1.807, 2.05) is 6.92 Å². The number of nitrogens with two attached hydrogens (primary N) is 1. The third kappa shape index (κ3) is 3.10. The van der Waals surface area contributed by atoms with E-state index in [-0.39, 0.29) is 16.9 Å². The van der Waals surface area contributed by atoms with Gasteiger partial charge in [0.15, 0.2) is 0 Å². The standard InChI is InChI=1S/C15H17N3O3/c1-2-3-9-17-14(8-7-13(16)15(17)19)11-5-4-6-12(10-11)18(20)21/h4-8,10H,2-3,9,16H2,1H3. The van der Waals surface area contributed by atoms with Gasteiger partial charge in [-0.2, -0.15) is 0 Å². The van der Waals surface area contributed by atoms with Gasteiger partial charge in [0, 0.05) is 24.2 Å². The highest BCUT2D eigenvalue weighted by Gasteiger charge is 2.12. The zero-order valence-electron chi connectivity index (χ0n) is 11.8. The fraction of sp³-hybridized carbons (Fsp3) is 0.267. The number of benzene rings is 1. The van der Waals surface area contributed by atoms with Crippen LogP contribution in [0.5, 0.6) is 0 Å². The van der Waals surface area contributed by atoms with Crippen LogP contribution in [0, 0.1) is 10.1 Å². The van der Waals surface area contributed by atoms with Crippen LogP contribution in [0.1, 0.15) is 19.8 Å². The van der Waals surface area contributed by atoms with Crippen LogP contribution in [0.4, 0.5) is 11.4 Å². The lowest BCUT2D eigenvalue weighted by molar-refractivity contribution is -0.384. The van der Waals surface area contributed by atoms with Crippen LogP contribution >= 0.6 is 0 Å². The van der Waals surface area contributed by atoms with Gasteiger partial charge in [0.2, 0.25) is 0 Å². The first-order valence-electron chi connectivity index (χ1n) is 6.78. The van der Waals surface area contributed by atoms with Crippen LogP contribution in [0.25, 0.3) is 11.3 Å². The van der Waals surface area contributed by atoms with Gasteiger partial charge in [-0.25, -0.2) is 0 Å². The van der Waals surface area contributed by atoms with Crippen LogP contribution in [0.2, 0.25) is 0 Å². The van der Waals surface area contributed by atoms with Crippen molar-refractivity contribution in [3.63, 3.8) is 0 Å². The summed E-state index contributed by atoms with van der Waals surface area (Å²) in [6.45, 7) is 2.57. The molecule has 0 fully saturated rings. The predicted octanol–water partition coefficient (Wildman–Crippen LogP) is 2.81. The second-order valence-electron chi connectivity index (χ2n) is 4.79. The van der Waals surface area contributed by atoms with Gasteiger partial charge in [0.1, 0.15) is 0 Å². The molecule has 6 nitrogen and oxygen atoms in total. The molecular weight excluding hydrogens is 270 g/mol. The maximum absolute atomic E-state index is 12.2. The Morgan fingerprint density at radius 3 is 2.71 bits per heavy atom. The smallest absolute Gasteiger partial charge is 0.274 e. The number of unbranched alkanes of at least 4 members (excludes halogenated alkanes) is 1. The Kier molecular flexibility index (Phi) is 4.37. The summed E-state index contributed by atoms with van der Waals surface area (Å²) in [5.74, 6) is 0. The minimum absolute atomic E-state index is 0.00110. The van der Waals surface area contributed by atoms with E-state index in [2.05, 4.69) is 0 Å². The number of anilines is 1. The van der Waals surface area contributed by atoms with Crippen molar-refractivity contribution in [2.45, 2.75) is 26.3 Å². The summed E-state index contributed by atoms with van der Waals surface area (Å²) in [4.78, 5) is 22.6. The zero-order valence-corrected chi connectivity index (χ0v) is 11.8. The van der Waals surface area contributed by atoms with E-state index in [1.165, 1.54) is 12.1 Å². The van der Waals surface area contributed by atoms with E-state index in [0.717, 1.165) is 12.8 Å². The molecular formula is C15H17N3O3. The number of nitrogens with zero attached hydrogens (tertiary/aromatic N) is 2. The SMILES string of the molecule is CCCCn1c(-c2cccc([N+](=O)[O-])c2)ccc(N)c1=O. The van der Waals surface area contributed by atoms with Crippen LogP contribution < -0.4 is 11.3 Å². The molecule has 6 heteroatoms. The molecule has 0 spiro atoms. The Bertz CT molecular complexity index is 722. The number of non-ortho nitro benzene ring substituents is 1. The normalized spacial score (nSPS) is 10.5. The van der Waals surface area contributed by atoms with Crippen molar-refractivity contribution in [2.75, 3.05) is 5.73 Å². The molecule has 21 heavy (non-hydrogen) atoms. The van der Waals surface area contributed by atoms with Gasteiger partial charge in [-0.3, -0.25) is 14.9 Å². The summed E-state index contributed by atoms with van der Waals surface area (Å²) >= 11 is 0. The Balaban J connectivity index is 2.57. The first-order chi connectivity index (χ1) is 10.0. The molecule has 110 valence electrons. The second kappa shape index (κ2) is 6.21. The fourth-order valence-corrected chi connectivity index (χ4v) is 2.16. The molecule has 1 heterocycles. The molecule has 0 aliphatic rings. The average molecular weight is 287 g/mol. The van der Waals surface area contributed by atoms with Crippen molar-refractivity contribution in [1.29, 1.82) is 0 Å². The molecule has 2 N–H and O–H groups in total. The van der Waals surface area contributed by atoms with Gasteiger partial charge >= 0.3 is 0 Å². The number of nitro groups is 1. The Morgan fingerprint density at radius 2 is 2.05 bits per heavy atom. The van der Waals surface area contributed by atoms with Crippen LogP contribution in [0.15, 0.2) is 41.2 Å². The van der Waals surface area contributed by atoms with E-state index >= 15 is 0 Å². The summed E-state index contributed by atoms with van der Waals surface area (Å²) in [5.41, 5.74) is 6.88. The van der Waals surface area contributed by atoms with Gasteiger partial charge in [-0.05, 0) is 18.6 Å². The number of hydrogen-bond donors (Lipinski definition) is 1. The third-order valence-corrected chi connectivity index (χ3v) is 3.29. The summed E-state index contributed by atoms with van der Waals surface area (Å²) in [7, 11) is 0. The van der Waals surface area contributed by atoms with Crippen molar-refractivity contribution in [3.05, 3.63) is 56.9 Å². The van der Waals surface area contributed by atoms with Crippen LogP contribution in [-0.4, -0.2) is 9.49 Å². The number of hydrogen-bond acceptors (Lipinski definition) is 4. The summed E-state index contributed by atoms with van der Waals surface area (Å²) < 4.78 is 1.58. The monoisotopic (exact) mass is 287 g/mol. The minimum Gasteiger partial charge on any atom is -0.394 e. The van der Waals surface area contributed by atoms with Crippen molar-refractivity contribution in [3.8, 4) is 11.3 Å². The lowest BCUT2D eigenvalue weighted by atomic mass is 10.1. The van der Waals surface area contributed by atoms with Gasteiger partial charge < -0.3 is 10.3 Å². The van der Waals surface area contributed by atoms with Crippen molar-refractivity contribution in [2.24, 2.45) is 0 Å². The highest BCUT2D eigenvalue weighted by molar-refractivity contribution is 5.64. The summed E-state index contributed by atoms with van der Waals surface area (Å²) in [6, 6.07) is 9.52. The Labute approximate surface area is 122 Å². The van der Waals surface area contributed by atoms with Crippen LogP contribution in [0.3, 0.4) is 0 Å². The maximum Gasteiger partial charge on any atom is 0.274 e. The number of nitrogen functional groups attached to an aromatic ring is 1.